The van der Waals surface area contributed by atoms with Crippen molar-refractivity contribution < 1.29 is 4.79 Å². The molecule has 3 heteroatoms. The number of carbonyl (C=O) groups excluding carboxylic acids is 1. The first-order chi connectivity index (χ1) is 9.16. The monoisotopic (exact) mass is 256 g/mol. The molecule has 2 saturated carbocycles. The van der Waals surface area contributed by atoms with Crippen molar-refractivity contribution in [2.45, 2.75) is 38.8 Å². The lowest BCUT2D eigenvalue weighted by Gasteiger charge is -2.28. The Bertz CT molecular complexity index is 550. The standard InChI is InChI=1S/C16H20N2O/c1-9-7-12(9)15(10-5-6-10)18-8-11-3-2-4-13(17)14(11)16(18)19/h2-4,9-10,12,15H,5-8,17H2,1H3. The van der Waals surface area contributed by atoms with Crippen molar-refractivity contribution >= 4 is 11.6 Å². The molecule has 19 heavy (non-hydrogen) atoms. The van der Waals surface area contributed by atoms with Crippen LogP contribution in [0.25, 0.3) is 0 Å². The van der Waals surface area contributed by atoms with Crippen molar-refractivity contribution in [1.29, 1.82) is 0 Å². The number of nitrogen functional groups attached to an aromatic ring is 1. The Labute approximate surface area is 113 Å². The van der Waals surface area contributed by atoms with Crippen LogP contribution in [0.4, 0.5) is 5.69 Å². The molecule has 2 N–H and O–H groups in total. The molecule has 3 nitrogen and oxygen atoms in total. The van der Waals surface area contributed by atoms with Crippen molar-refractivity contribution in [3.63, 3.8) is 0 Å². The molecule has 0 bridgehead atoms. The summed E-state index contributed by atoms with van der Waals surface area (Å²) < 4.78 is 0. The van der Waals surface area contributed by atoms with Crippen LogP contribution >= 0.6 is 0 Å². The van der Waals surface area contributed by atoms with E-state index in [1.807, 2.05) is 18.2 Å². The average Bonchev–Trinajstić information content (AvgIpc) is 3.27. The van der Waals surface area contributed by atoms with Gasteiger partial charge in [-0.3, -0.25) is 4.79 Å². The van der Waals surface area contributed by atoms with Crippen LogP contribution in [0.5, 0.6) is 0 Å². The van der Waals surface area contributed by atoms with Gasteiger partial charge in [0.25, 0.3) is 5.91 Å². The van der Waals surface area contributed by atoms with E-state index in [2.05, 4.69) is 11.8 Å². The highest BCUT2D eigenvalue weighted by molar-refractivity contribution is 6.03. The Balaban J connectivity index is 1.67. The molecule has 0 radical (unpaired) electrons. The van der Waals surface area contributed by atoms with Crippen LogP contribution in [0.15, 0.2) is 18.2 Å². The summed E-state index contributed by atoms with van der Waals surface area (Å²) in [5, 5.41) is 0. The minimum Gasteiger partial charge on any atom is -0.398 e. The predicted molar refractivity (Wildman–Crippen MR) is 74.5 cm³/mol. The van der Waals surface area contributed by atoms with Gasteiger partial charge in [0.05, 0.1) is 5.56 Å². The average molecular weight is 256 g/mol. The number of carbonyl (C=O) groups is 1. The van der Waals surface area contributed by atoms with Gasteiger partial charge in [0, 0.05) is 18.3 Å². The zero-order valence-electron chi connectivity index (χ0n) is 11.3. The fourth-order valence-electron chi connectivity index (χ4n) is 3.75. The topological polar surface area (TPSA) is 46.3 Å². The second-order valence-electron chi connectivity index (χ2n) is 6.52. The predicted octanol–water partition coefficient (Wildman–Crippen LogP) is 2.66. The van der Waals surface area contributed by atoms with Gasteiger partial charge in [0.15, 0.2) is 0 Å². The largest absolute Gasteiger partial charge is 0.398 e. The summed E-state index contributed by atoms with van der Waals surface area (Å²) >= 11 is 0. The molecule has 3 atom stereocenters. The molecule has 0 saturated heterocycles. The summed E-state index contributed by atoms with van der Waals surface area (Å²) in [5.41, 5.74) is 8.51. The summed E-state index contributed by atoms with van der Waals surface area (Å²) in [5.74, 6) is 2.44. The highest BCUT2D eigenvalue weighted by atomic mass is 16.2. The number of anilines is 1. The quantitative estimate of drug-likeness (QED) is 0.845. The first kappa shape index (κ1) is 11.3. The molecule has 2 fully saturated rings. The zero-order valence-corrected chi connectivity index (χ0v) is 11.3. The fraction of sp³-hybridized carbons (Fsp3) is 0.562. The van der Waals surface area contributed by atoms with Gasteiger partial charge in [0.2, 0.25) is 0 Å². The molecular weight excluding hydrogens is 236 g/mol. The lowest BCUT2D eigenvalue weighted by Crippen LogP contribution is -2.39. The van der Waals surface area contributed by atoms with Crippen molar-refractivity contribution in [2.24, 2.45) is 17.8 Å². The Morgan fingerprint density at radius 1 is 1.37 bits per heavy atom. The van der Waals surface area contributed by atoms with E-state index in [1.165, 1.54) is 19.3 Å². The van der Waals surface area contributed by atoms with E-state index >= 15 is 0 Å². The van der Waals surface area contributed by atoms with E-state index < -0.39 is 0 Å². The van der Waals surface area contributed by atoms with E-state index in [4.69, 9.17) is 5.73 Å². The molecule has 1 aliphatic heterocycles. The number of benzene rings is 1. The first-order valence-electron chi connectivity index (χ1n) is 7.35. The molecule has 0 aromatic heterocycles. The highest BCUT2D eigenvalue weighted by Crippen LogP contribution is 2.52. The van der Waals surface area contributed by atoms with Gasteiger partial charge >= 0.3 is 0 Å². The van der Waals surface area contributed by atoms with Gasteiger partial charge in [-0.2, -0.15) is 0 Å². The number of nitrogens with two attached hydrogens (primary N) is 1. The van der Waals surface area contributed by atoms with Crippen molar-refractivity contribution in [3.05, 3.63) is 29.3 Å². The molecule has 3 unspecified atom stereocenters. The number of hydrogen-bond donors (Lipinski definition) is 1. The van der Waals surface area contributed by atoms with Crippen LogP contribution in [-0.2, 0) is 6.54 Å². The van der Waals surface area contributed by atoms with Crippen LogP contribution in [0.3, 0.4) is 0 Å². The van der Waals surface area contributed by atoms with Gasteiger partial charge in [0.1, 0.15) is 0 Å². The molecule has 1 aromatic rings. The van der Waals surface area contributed by atoms with Gasteiger partial charge in [-0.15, -0.1) is 0 Å². The third kappa shape index (κ3) is 1.67. The first-order valence-corrected chi connectivity index (χ1v) is 7.35. The number of fused-ring (bicyclic) bond motifs is 1. The molecule has 1 amide bonds. The molecule has 0 spiro atoms. The third-order valence-electron chi connectivity index (χ3n) is 5.07. The molecular formula is C16H20N2O. The summed E-state index contributed by atoms with van der Waals surface area (Å²) in [4.78, 5) is 14.8. The smallest absolute Gasteiger partial charge is 0.256 e. The second-order valence-corrected chi connectivity index (χ2v) is 6.52. The number of hydrogen-bond acceptors (Lipinski definition) is 2. The lowest BCUT2D eigenvalue weighted by atomic mass is 10.0. The number of rotatable bonds is 3. The van der Waals surface area contributed by atoms with Crippen molar-refractivity contribution in [2.75, 3.05) is 5.73 Å². The van der Waals surface area contributed by atoms with E-state index in [0.29, 0.717) is 11.7 Å². The highest BCUT2D eigenvalue weighted by Gasteiger charge is 2.51. The van der Waals surface area contributed by atoms with Gasteiger partial charge in [-0.05, 0) is 48.6 Å². The second kappa shape index (κ2) is 3.75. The lowest BCUT2D eigenvalue weighted by molar-refractivity contribution is 0.0647. The van der Waals surface area contributed by atoms with Crippen molar-refractivity contribution in [3.8, 4) is 0 Å². The summed E-state index contributed by atoms with van der Waals surface area (Å²) in [6.07, 6.45) is 3.88. The number of nitrogens with zero attached hydrogens (tertiary/aromatic N) is 1. The Morgan fingerprint density at radius 2 is 2.11 bits per heavy atom. The maximum Gasteiger partial charge on any atom is 0.256 e. The molecule has 100 valence electrons. The summed E-state index contributed by atoms with van der Waals surface area (Å²) in [6.45, 7) is 3.08. The normalized spacial score (nSPS) is 30.4. The minimum absolute atomic E-state index is 0.170. The minimum atomic E-state index is 0.170. The maximum atomic E-state index is 12.7. The Morgan fingerprint density at radius 3 is 2.68 bits per heavy atom. The zero-order chi connectivity index (χ0) is 13.1. The molecule has 2 aliphatic carbocycles. The van der Waals surface area contributed by atoms with Gasteiger partial charge in [-0.1, -0.05) is 19.1 Å². The van der Waals surface area contributed by atoms with Crippen molar-refractivity contribution in [1.82, 2.24) is 4.90 Å². The summed E-state index contributed by atoms with van der Waals surface area (Å²) in [6, 6.07) is 6.31. The van der Waals surface area contributed by atoms with Gasteiger partial charge in [-0.25, -0.2) is 0 Å². The van der Waals surface area contributed by atoms with Crippen LogP contribution in [0.2, 0.25) is 0 Å². The van der Waals surface area contributed by atoms with Crippen LogP contribution in [0, 0.1) is 17.8 Å². The Hall–Kier alpha value is -1.51. The number of amides is 1. The van der Waals surface area contributed by atoms with E-state index in [0.717, 1.165) is 35.4 Å². The Kier molecular flexibility index (Phi) is 2.23. The van der Waals surface area contributed by atoms with E-state index in [-0.39, 0.29) is 5.91 Å². The van der Waals surface area contributed by atoms with Crippen LogP contribution < -0.4 is 5.73 Å². The summed E-state index contributed by atoms with van der Waals surface area (Å²) in [7, 11) is 0. The van der Waals surface area contributed by atoms with E-state index in [9.17, 15) is 4.79 Å². The fourth-order valence-corrected chi connectivity index (χ4v) is 3.75. The molecule has 4 rings (SSSR count). The molecule has 1 aromatic carbocycles. The van der Waals surface area contributed by atoms with E-state index in [1.54, 1.807) is 0 Å². The SMILES string of the molecule is CC1CC1C(C1CC1)N1Cc2cccc(N)c2C1=O. The molecule has 3 aliphatic rings. The van der Waals surface area contributed by atoms with Crippen LogP contribution in [0.1, 0.15) is 42.1 Å². The molecule has 1 heterocycles. The van der Waals surface area contributed by atoms with Crippen LogP contribution in [-0.4, -0.2) is 16.8 Å². The van der Waals surface area contributed by atoms with Gasteiger partial charge < -0.3 is 10.6 Å². The maximum absolute atomic E-state index is 12.7. The third-order valence-corrected chi connectivity index (χ3v) is 5.07.